The van der Waals surface area contributed by atoms with Crippen LogP contribution >= 0.6 is 0 Å². The molecule has 0 aliphatic carbocycles. The molecule has 0 spiro atoms. The number of aromatic nitrogens is 4. The predicted octanol–water partition coefficient (Wildman–Crippen LogP) is 13.7. The lowest BCUT2D eigenvalue weighted by Gasteiger charge is -2.49. The lowest BCUT2D eigenvalue weighted by molar-refractivity contribution is 0.588. The summed E-state index contributed by atoms with van der Waals surface area (Å²) in [4.78, 5) is 7.94. The molecule has 0 atom stereocenters. The highest BCUT2D eigenvalue weighted by Crippen LogP contribution is 2.55. The Bertz CT molecular complexity index is 3600. The van der Waals surface area contributed by atoms with Gasteiger partial charge in [-0.15, -0.1) is 0 Å². The van der Waals surface area contributed by atoms with Gasteiger partial charge in [0.25, 0.3) is 0 Å². The topological polar surface area (TPSA) is 30.9 Å². The highest BCUT2D eigenvalue weighted by Gasteiger charge is 2.50. The summed E-state index contributed by atoms with van der Waals surface area (Å²) in [5.41, 5.74) is 13.7. The van der Waals surface area contributed by atoms with E-state index in [1.165, 1.54) is 32.6 Å². The number of imidazole rings is 1. The summed E-state index contributed by atoms with van der Waals surface area (Å²) >= 11 is 0. The summed E-state index contributed by atoms with van der Waals surface area (Å²) in [5.74, 6) is 0.869. The van der Waals surface area contributed by atoms with Gasteiger partial charge in [0.05, 0.1) is 38.8 Å². The van der Waals surface area contributed by atoms with Gasteiger partial charge in [0.15, 0.2) is 0 Å². The first-order valence-corrected chi connectivity index (χ1v) is 20.9. The smallest absolute Gasteiger partial charge is 0.217 e. The minimum Gasteiger partial charge on any atom is -0.309 e. The first kappa shape index (κ1) is 33.8. The Morgan fingerprint density at radius 2 is 0.820 bits per heavy atom. The fourth-order valence-corrected chi connectivity index (χ4v) is 10.4. The fraction of sp³-hybridized carbons (Fsp3) is 0.0179. The van der Waals surface area contributed by atoms with Crippen LogP contribution in [0.3, 0.4) is 0 Å². The Morgan fingerprint density at radius 3 is 1.43 bits per heavy atom. The van der Waals surface area contributed by atoms with Gasteiger partial charge in [0.1, 0.15) is 5.54 Å². The van der Waals surface area contributed by atoms with E-state index < -0.39 is 5.54 Å². The molecule has 1 aliphatic heterocycles. The van der Waals surface area contributed by atoms with Crippen molar-refractivity contribution in [2.75, 3.05) is 4.90 Å². The zero-order chi connectivity index (χ0) is 40.1. The number of nitrogens with zero attached hydrogens (tertiary/aromatic N) is 5. The van der Waals surface area contributed by atoms with E-state index in [2.05, 4.69) is 243 Å². The van der Waals surface area contributed by atoms with Crippen molar-refractivity contribution >= 4 is 66.3 Å². The van der Waals surface area contributed by atoms with Gasteiger partial charge in [-0.3, -0.25) is 9.47 Å². The first-order chi connectivity index (χ1) is 30.3. The van der Waals surface area contributed by atoms with E-state index in [1.807, 2.05) is 0 Å². The normalized spacial score (nSPS) is 13.3. The molecule has 5 nitrogen and oxygen atoms in total. The van der Waals surface area contributed by atoms with E-state index >= 15 is 0 Å². The molecule has 4 heterocycles. The molecule has 0 N–H and O–H groups in total. The minimum atomic E-state index is -0.821. The molecule has 286 valence electrons. The van der Waals surface area contributed by atoms with Crippen molar-refractivity contribution < 1.29 is 0 Å². The zero-order valence-corrected chi connectivity index (χ0v) is 33.1. The van der Waals surface area contributed by atoms with Gasteiger partial charge in [0, 0.05) is 44.2 Å². The molecule has 3 aromatic heterocycles. The standard InChI is InChI=1S/C56H37N5/c1-5-19-38(20-6-1)56(39-21-7-2-8-22-39)47-35-42(33-34-51(47)60-52-32-18-15-29-48(52)57-55(60)61(56)41-25-11-4-12-26-41)59-50-31-17-14-28-44(50)46-36-45-43-27-13-16-30-49(43)58(53(45)37-54(46)59)40-23-9-3-10-24-40/h1-37H. The molecule has 0 radical (unpaired) electrons. The molecule has 0 saturated heterocycles. The van der Waals surface area contributed by atoms with E-state index in [-0.39, 0.29) is 0 Å². The first-order valence-electron chi connectivity index (χ1n) is 20.9. The number of para-hydroxylation sites is 6. The second kappa shape index (κ2) is 12.9. The van der Waals surface area contributed by atoms with Gasteiger partial charge >= 0.3 is 0 Å². The predicted molar refractivity (Wildman–Crippen MR) is 251 cm³/mol. The average molecular weight is 780 g/mol. The van der Waals surface area contributed by atoms with Crippen LogP contribution in [0.2, 0.25) is 0 Å². The second-order valence-corrected chi connectivity index (χ2v) is 16.0. The Labute approximate surface area is 352 Å². The van der Waals surface area contributed by atoms with Gasteiger partial charge in [-0.05, 0) is 90.0 Å². The van der Waals surface area contributed by atoms with E-state index in [9.17, 15) is 0 Å². The van der Waals surface area contributed by atoms with Gasteiger partial charge in [0.2, 0.25) is 5.95 Å². The summed E-state index contributed by atoms with van der Waals surface area (Å²) in [6.45, 7) is 0. The van der Waals surface area contributed by atoms with Gasteiger partial charge < -0.3 is 9.13 Å². The second-order valence-electron chi connectivity index (χ2n) is 16.0. The van der Waals surface area contributed by atoms with Crippen LogP contribution in [-0.2, 0) is 5.54 Å². The molecule has 0 fully saturated rings. The molecular weight excluding hydrogens is 743 g/mol. The molecule has 5 heteroatoms. The number of rotatable bonds is 5. The summed E-state index contributed by atoms with van der Waals surface area (Å²) in [6.07, 6.45) is 0. The molecule has 1 aliphatic rings. The van der Waals surface area contributed by atoms with Crippen LogP contribution in [-0.4, -0.2) is 18.7 Å². The van der Waals surface area contributed by atoms with Crippen LogP contribution in [0.25, 0.3) is 71.7 Å². The third-order valence-electron chi connectivity index (χ3n) is 12.8. The molecule has 61 heavy (non-hydrogen) atoms. The average Bonchev–Trinajstić information content (AvgIpc) is 3.99. The maximum absolute atomic E-state index is 5.47. The van der Waals surface area contributed by atoms with Crippen molar-refractivity contribution in [3.63, 3.8) is 0 Å². The van der Waals surface area contributed by atoms with Crippen LogP contribution in [0.1, 0.15) is 16.7 Å². The lowest BCUT2D eigenvalue weighted by Crippen LogP contribution is -2.49. The summed E-state index contributed by atoms with van der Waals surface area (Å²) in [6, 6.07) is 81.5. The van der Waals surface area contributed by atoms with Crippen LogP contribution in [0.4, 0.5) is 11.6 Å². The molecule has 0 unspecified atom stereocenters. The monoisotopic (exact) mass is 779 g/mol. The fourth-order valence-electron chi connectivity index (χ4n) is 10.4. The van der Waals surface area contributed by atoms with E-state index in [1.54, 1.807) is 0 Å². The maximum Gasteiger partial charge on any atom is 0.217 e. The zero-order valence-electron chi connectivity index (χ0n) is 33.1. The maximum atomic E-state index is 5.47. The Kier molecular flexibility index (Phi) is 7.16. The largest absolute Gasteiger partial charge is 0.309 e. The van der Waals surface area contributed by atoms with Crippen molar-refractivity contribution in [3.8, 4) is 17.1 Å². The van der Waals surface area contributed by atoms with Crippen LogP contribution in [0.5, 0.6) is 0 Å². The number of fused-ring (bicyclic) bond motifs is 11. The SMILES string of the molecule is c1ccc(N2c3nc4ccccc4n3-c3ccc(-n4c5ccccc5c5cc6c7ccccc7n(-c7ccccc7)c6cc54)cc3C2(c2ccccc2)c2ccccc2)cc1. The number of anilines is 2. The van der Waals surface area contributed by atoms with E-state index in [4.69, 9.17) is 4.98 Å². The van der Waals surface area contributed by atoms with Crippen molar-refractivity contribution in [1.29, 1.82) is 0 Å². The van der Waals surface area contributed by atoms with Crippen molar-refractivity contribution in [3.05, 3.63) is 241 Å². The van der Waals surface area contributed by atoms with Crippen LogP contribution < -0.4 is 4.90 Å². The third kappa shape index (κ3) is 4.68. The minimum absolute atomic E-state index is 0.821. The molecule has 0 saturated carbocycles. The molecule has 9 aromatic carbocycles. The summed E-state index contributed by atoms with van der Waals surface area (Å²) < 4.78 is 7.25. The van der Waals surface area contributed by atoms with Gasteiger partial charge in [-0.2, -0.15) is 0 Å². The molecule has 0 amide bonds. The molecule has 13 rings (SSSR count). The molecule has 0 bridgehead atoms. The highest BCUT2D eigenvalue weighted by atomic mass is 15.4. The molecular formula is C56H37N5. The number of hydrogen-bond donors (Lipinski definition) is 0. The number of benzene rings is 9. The van der Waals surface area contributed by atoms with Crippen molar-refractivity contribution in [2.24, 2.45) is 0 Å². The lowest BCUT2D eigenvalue weighted by atomic mass is 9.73. The Hall–Kier alpha value is -8.15. The highest BCUT2D eigenvalue weighted by molar-refractivity contribution is 6.19. The Balaban J connectivity index is 1.19. The van der Waals surface area contributed by atoms with Gasteiger partial charge in [-0.1, -0.05) is 146 Å². The van der Waals surface area contributed by atoms with E-state index in [0.717, 1.165) is 67.5 Å². The summed E-state index contributed by atoms with van der Waals surface area (Å²) in [5, 5.41) is 4.93. The van der Waals surface area contributed by atoms with Crippen molar-refractivity contribution in [2.45, 2.75) is 5.54 Å². The van der Waals surface area contributed by atoms with Crippen LogP contribution in [0.15, 0.2) is 224 Å². The third-order valence-corrected chi connectivity index (χ3v) is 12.8. The van der Waals surface area contributed by atoms with Crippen LogP contribution in [0, 0.1) is 0 Å². The number of hydrogen-bond acceptors (Lipinski definition) is 2. The van der Waals surface area contributed by atoms with Crippen molar-refractivity contribution in [1.82, 2.24) is 18.7 Å². The Morgan fingerprint density at radius 1 is 0.328 bits per heavy atom. The van der Waals surface area contributed by atoms with E-state index in [0.29, 0.717) is 0 Å². The van der Waals surface area contributed by atoms with Gasteiger partial charge in [-0.25, -0.2) is 4.98 Å². The quantitative estimate of drug-likeness (QED) is 0.174. The molecule has 12 aromatic rings. The summed E-state index contributed by atoms with van der Waals surface area (Å²) in [7, 11) is 0.